The van der Waals surface area contributed by atoms with Crippen LogP contribution in [-0.2, 0) is 5.41 Å². The van der Waals surface area contributed by atoms with Gasteiger partial charge in [0.25, 0.3) is 0 Å². The fourth-order valence-corrected chi connectivity index (χ4v) is 3.87. The summed E-state index contributed by atoms with van der Waals surface area (Å²) in [6.45, 7) is 6.66. The Morgan fingerprint density at radius 3 is 2.46 bits per heavy atom. The summed E-state index contributed by atoms with van der Waals surface area (Å²) in [6.07, 6.45) is 0. The molecule has 0 fully saturated rings. The summed E-state index contributed by atoms with van der Waals surface area (Å²) >= 11 is 7.77. The molecule has 3 aromatic rings. The number of halogens is 1. The van der Waals surface area contributed by atoms with Crippen LogP contribution in [-0.4, -0.2) is 26.3 Å². The first kappa shape index (κ1) is 17.3. The molecular formula is C20H19ClN4S. The molecule has 1 aliphatic rings. The van der Waals surface area contributed by atoms with E-state index >= 15 is 0 Å². The number of thioether (sulfide) groups is 1. The maximum Gasteiger partial charge on any atom is 0.212 e. The van der Waals surface area contributed by atoms with Crippen molar-refractivity contribution in [3.8, 4) is 11.4 Å². The predicted octanol–water partition coefficient (Wildman–Crippen LogP) is 5.25. The van der Waals surface area contributed by atoms with Gasteiger partial charge in [-0.05, 0) is 28.7 Å². The number of benzene rings is 2. The van der Waals surface area contributed by atoms with Crippen molar-refractivity contribution >= 4 is 29.1 Å². The first-order valence-corrected chi connectivity index (χ1v) is 9.81. The molecule has 1 aliphatic heterocycles. The summed E-state index contributed by atoms with van der Waals surface area (Å²) in [7, 11) is 0. The zero-order valence-corrected chi connectivity index (χ0v) is 16.5. The quantitative estimate of drug-likeness (QED) is 0.607. The average Bonchev–Trinajstić information content (AvgIpc) is 3.04. The zero-order chi connectivity index (χ0) is 18.3. The highest BCUT2D eigenvalue weighted by atomic mass is 35.5. The number of aromatic nitrogens is 3. The average molecular weight is 383 g/mol. The number of nitrogens with zero attached hydrogens (tertiary/aromatic N) is 4. The third-order valence-corrected chi connectivity index (χ3v) is 5.50. The summed E-state index contributed by atoms with van der Waals surface area (Å²) in [5.74, 6) is 1.49. The van der Waals surface area contributed by atoms with Crippen molar-refractivity contribution in [1.29, 1.82) is 0 Å². The van der Waals surface area contributed by atoms with Crippen LogP contribution in [0, 0.1) is 0 Å². The minimum atomic E-state index is 0.142. The van der Waals surface area contributed by atoms with E-state index in [9.17, 15) is 0 Å². The van der Waals surface area contributed by atoms with Crippen molar-refractivity contribution in [2.45, 2.75) is 31.3 Å². The van der Waals surface area contributed by atoms with Crippen molar-refractivity contribution in [1.82, 2.24) is 14.9 Å². The molecule has 0 spiro atoms. The molecule has 0 unspecified atom stereocenters. The molecule has 0 atom stereocenters. The Kier molecular flexibility index (Phi) is 4.37. The molecule has 4 nitrogen and oxygen atoms in total. The SMILES string of the molecule is CC(C)(C)c1ccc(C2=Nn3c(nnc3-c3cccc(Cl)c3)SC2)cc1. The Bertz CT molecular complexity index is 984. The lowest BCUT2D eigenvalue weighted by Gasteiger charge is -2.20. The van der Waals surface area contributed by atoms with Gasteiger partial charge in [0.05, 0.1) is 5.71 Å². The van der Waals surface area contributed by atoms with Gasteiger partial charge in [0.2, 0.25) is 5.16 Å². The Hall–Kier alpha value is -2.11. The molecule has 0 saturated carbocycles. The maximum atomic E-state index is 6.12. The molecule has 4 rings (SSSR count). The van der Waals surface area contributed by atoms with Gasteiger partial charge in [-0.2, -0.15) is 9.78 Å². The zero-order valence-electron chi connectivity index (χ0n) is 14.9. The van der Waals surface area contributed by atoms with E-state index in [-0.39, 0.29) is 5.41 Å². The highest BCUT2D eigenvalue weighted by Gasteiger charge is 2.21. The van der Waals surface area contributed by atoms with Gasteiger partial charge in [-0.1, -0.05) is 80.5 Å². The third kappa shape index (κ3) is 3.29. The molecule has 2 heterocycles. The smallest absolute Gasteiger partial charge is 0.187 e. The standard InChI is InChI=1S/C20H19ClN4S/c1-20(2,3)15-9-7-13(8-10-15)17-12-26-19-23-22-18(25(19)24-17)14-5-4-6-16(21)11-14/h4-11H,12H2,1-3H3. The summed E-state index contributed by atoms with van der Waals surface area (Å²) in [5, 5.41) is 14.9. The van der Waals surface area contributed by atoms with Gasteiger partial charge in [-0.25, -0.2) is 0 Å². The predicted molar refractivity (Wildman–Crippen MR) is 108 cm³/mol. The van der Waals surface area contributed by atoms with Gasteiger partial charge >= 0.3 is 0 Å². The van der Waals surface area contributed by atoms with Crippen LogP contribution in [0.5, 0.6) is 0 Å². The van der Waals surface area contributed by atoms with E-state index in [2.05, 4.69) is 55.2 Å². The van der Waals surface area contributed by atoms with Gasteiger partial charge in [-0.15, -0.1) is 10.2 Å². The van der Waals surface area contributed by atoms with Crippen LogP contribution in [0.25, 0.3) is 11.4 Å². The molecule has 2 aromatic carbocycles. The Balaban J connectivity index is 1.72. The lowest BCUT2D eigenvalue weighted by atomic mass is 9.86. The molecule has 0 radical (unpaired) electrons. The van der Waals surface area contributed by atoms with Crippen LogP contribution < -0.4 is 0 Å². The molecule has 132 valence electrons. The third-order valence-electron chi connectivity index (χ3n) is 4.34. The van der Waals surface area contributed by atoms with Crippen molar-refractivity contribution < 1.29 is 0 Å². The molecule has 0 bridgehead atoms. The Morgan fingerprint density at radius 1 is 1.00 bits per heavy atom. The van der Waals surface area contributed by atoms with Gasteiger partial charge < -0.3 is 0 Å². The normalized spacial score (nSPS) is 14.1. The number of hydrogen-bond donors (Lipinski definition) is 0. The molecule has 0 N–H and O–H groups in total. The van der Waals surface area contributed by atoms with Crippen molar-refractivity contribution in [3.63, 3.8) is 0 Å². The lowest BCUT2D eigenvalue weighted by molar-refractivity contribution is 0.590. The van der Waals surface area contributed by atoms with Gasteiger partial charge in [0.1, 0.15) is 0 Å². The highest BCUT2D eigenvalue weighted by molar-refractivity contribution is 7.99. The Morgan fingerprint density at radius 2 is 1.77 bits per heavy atom. The van der Waals surface area contributed by atoms with Gasteiger partial charge in [-0.3, -0.25) is 0 Å². The summed E-state index contributed by atoms with van der Waals surface area (Å²) in [6, 6.07) is 16.3. The molecular weight excluding hydrogens is 364 g/mol. The van der Waals surface area contributed by atoms with E-state index in [1.807, 2.05) is 28.9 Å². The van der Waals surface area contributed by atoms with E-state index in [0.29, 0.717) is 10.8 Å². The lowest BCUT2D eigenvalue weighted by Crippen LogP contribution is -2.15. The maximum absolute atomic E-state index is 6.12. The molecule has 26 heavy (non-hydrogen) atoms. The van der Waals surface area contributed by atoms with E-state index < -0.39 is 0 Å². The largest absolute Gasteiger partial charge is 0.212 e. The molecule has 0 saturated heterocycles. The first-order chi connectivity index (χ1) is 12.4. The van der Waals surface area contributed by atoms with Crippen molar-refractivity contribution in [2.75, 3.05) is 5.75 Å². The second kappa shape index (κ2) is 6.56. The molecule has 1 aromatic heterocycles. The van der Waals surface area contributed by atoms with Crippen LogP contribution in [0.3, 0.4) is 0 Å². The molecule has 6 heteroatoms. The monoisotopic (exact) mass is 382 g/mol. The van der Waals surface area contributed by atoms with Crippen LogP contribution in [0.2, 0.25) is 5.02 Å². The summed E-state index contributed by atoms with van der Waals surface area (Å²) in [5.41, 5.74) is 4.51. The number of hydrogen-bond acceptors (Lipinski definition) is 4. The summed E-state index contributed by atoms with van der Waals surface area (Å²) in [4.78, 5) is 0. The topological polar surface area (TPSA) is 43.1 Å². The van der Waals surface area contributed by atoms with Crippen molar-refractivity contribution in [3.05, 3.63) is 64.7 Å². The first-order valence-electron chi connectivity index (χ1n) is 8.45. The van der Waals surface area contributed by atoms with Crippen molar-refractivity contribution in [2.24, 2.45) is 5.10 Å². The highest BCUT2D eigenvalue weighted by Crippen LogP contribution is 2.30. The van der Waals surface area contributed by atoms with E-state index in [4.69, 9.17) is 16.7 Å². The van der Waals surface area contributed by atoms with Gasteiger partial charge in [0, 0.05) is 16.3 Å². The van der Waals surface area contributed by atoms with E-state index in [0.717, 1.165) is 27.7 Å². The number of rotatable bonds is 2. The van der Waals surface area contributed by atoms with Crippen LogP contribution in [0.15, 0.2) is 58.8 Å². The van der Waals surface area contributed by atoms with E-state index in [1.54, 1.807) is 11.8 Å². The second-order valence-corrected chi connectivity index (χ2v) is 8.67. The Labute approximate surface area is 162 Å². The van der Waals surface area contributed by atoms with Crippen LogP contribution in [0.4, 0.5) is 0 Å². The number of fused-ring (bicyclic) bond motifs is 1. The van der Waals surface area contributed by atoms with Gasteiger partial charge in [0.15, 0.2) is 5.82 Å². The van der Waals surface area contributed by atoms with E-state index in [1.165, 1.54) is 5.56 Å². The van der Waals surface area contributed by atoms with Crippen LogP contribution in [0.1, 0.15) is 31.9 Å². The fourth-order valence-electron chi connectivity index (χ4n) is 2.84. The molecule has 0 amide bonds. The minimum absolute atomic E-state index is 0.142. The fraction of sp³-hybridized carbons (Fsp3) is 0.250. The molecule has 0 aliphatic carbocycles. The minimum Gasteiger partial charge on any atom is -0.187 e. The van der Waals surface area contributed by atoms with Crippen LogP contribution >= 0.6 is 23.4 Å². The summed E-state index contributed by atoms with van der Waals surface area (Å²) < 4.78 is 1.81. The second-order valence-electron chi connectivity index (χ2n) is 7.29.